The van der Waals surface area contributed by atoms with Crippen LogP contribution < -0.4 is 10.5 Å². The van der Waals surface area contributed by atoms with Crippen molar-refractivity contribution in [3.8, 4) is 5.75 Å². The number of halogens is 1. The lowest BCUT2D eigenvalue weighted by Crippen LogP contribution is -2.16. The topological polar surface area (TPSA) is 107 Å². The van der Waals surface area contributed by atoms with Gasteiger partial charge in [-0.1, -0.05) is 47.6 Å². The van der Waals surface area contributed by atoms with Crippen LogP contribution in [0.4, 0.5) is 4.39 Å². The zero-order valence-corrected chi connectivity index (χ0v) is 18.4. The molecule has 0 fully saturated rings. The third kappa shape index (κ3) is 4.80. The van der Waals surface area contributed by atoms with Gasteiger partial charge in [0.15, 0.2) is 11.6 Å². The molecule has 0 saturated heterocycles. The number of benzene rings is 3. The molecule has 3 aromatic carbocycles. The Morgan fingerprint density at radius 1 is 1.03 bits per heavy atom. The second-order valence-electron chi connectivity index (χ2n) is 7.59. The lowest BCUT2D eigenvalue weighted by atomic mass is 9.98. The summed E-state index contributed by atoms with van der Waals surface area (Å²) in [6, 6.07) is 18.9. The monoisotopic (exact) mass is 459 g/mol. The molecule has 172 valence electrons. The third-order valence-corrected chi connectivity index (χ3v) is 5.32. The quantitative estimate of drug-likeness (QED) is 0.139. The standard InChI is InChI=1S/C26H22FN3O4/c1-33-26(31)22-13-21(25(28)30-32)20-12-18(11-16-7-9-19(27)10-8-16)14-29-23(20)24(22)34-15-17-5-3-2-4-6-17/h2-10,12-14,32H,11,15H2,1H3,(H2,28,30). The van der Waals surface area contributed by atoms with Crippen molar-refractivity contribution in [1.82, 2.24) is 4.98 Å². The fourth-order valence-electron chi connectivity index (χ4n) is 3.65. The molecule has 0 saturated carbocycles. The lowest BCUT2D eigenvalue weighted by molar-refractivity contribution is 0.0596. The molecule has 0 atom stereocenters. The number of oxime groups is 1. The number of amidine groups is 1. The van der Waals surface area contributed by atoms with E-state index in [4.69, 9.17) is 15.2 Å². The van der Waals surface area contributed by atoms with E-state index in [1.165, 1.54) is 25.3 Å². The number of esters is 1. The second-order valence-corrected chi connectivity index (χ2v) is 7.59. The van der Waals surface area contributed by atoms with Gasteiger partial charge in [0, 0.05) is 17.1 Å². The number of methoxy groups -OCH3 is 1. The van der Waals surface area contributed by atoms with Gasteiger partial charge in [-0.15, -0.1) is 0 Å². The van der Waals surface area contributed by atoms with E-state index < -0.39 is 5.97 Å². The van der Waals surface area contributed by atoms with E-state index in [1.54, 1.807) is 18.3 Å². The summed E-state index contributed by atoms with van der Waals surface area (Å²) in [6.07, 6.45) is 2.13. The highest BCUT2D eigenvalue weighted by atomic mass is 19.1. The lowest BCUT2D eigenvalue weighted by Gasteiger charge is -2.16. The highest BCUT2D eigenvalue weighted by Gasteiger charge is 2.23. The van der Waals surface area contributed by atoms with Gasteiger partial charge in [-0.2, -0.15) is 0 Å². The number of carbonyl (C=O) groups excluding carboxylic acids is 1. The summed E-state index contributed by atoms with van der Waals surface area (Å²) < 4.78 is 24.3. The van der Waals surface area contributed by atoms with Crippen molar-refractivity contribution in [3.05, 3.63) is 107 Å². The summed E-state index contributed by atoms with van der Waals surface area (Å²) in [5.74, 6) is -0.918. The normalized spacial score (nSPS) is 11.4. The van der Waals surface area contributed by atoms with Crippen LogP contribution in [0, 0.1) is 5.82 Å². The molecule has 0 aliphatic carbocycles. The van der Waals surface area contributed by atoms with Crippen molar-refractivity contribution < 1.29 is 23.9 Å². The number of nitrogens with zero attached hydrogens (tertiary/aromatic N) is 2. The number of ether oxygens (including phenoxy) is 2. The molecule has 0 unspecified atom stereocenters. The van der Waals surface area contributed by atoms with Crippen LogP contribution in [-0.2, 0) is 17.8 Å². The summed E-state index contributed by atoms with van der Waals surface area (Å²) in [5, 5.41) is 13.0. The highest BCUT2D eigenvalue weighted by molar-refractivity contribution is 6.13. The number of hydrogen-bond donors (Lipinski definition) is 2. The Kier molecular flexibility index (Phi) is 6.68. The Morgan fingerprint density at radius 2 is 1.76 bits per heavy atom. The maximum Gasteiger partial charge on any atom is 0.341 e. The van der Waals surface area contributed by atoms with E-state index in [1.807, 2.05) is 36.4 Å². The molecule has 0 aliphatic heterocycles. The molecule has 0 amide bonds. The molecular formula is C26H22FN3O4. The fourth-order valence-corrected chi connectivity index (χ4v) is 3.65. The molecular weight excluding hydrogens is 437 g/mol. The van der Waals surface area contributed by atoms with Crippen molar-refractivity contribution in [2.24, 2.45) is 10.9 Å². The van der Waals surface area contributed by atoms with E-state index in [0.717, 1.165) is 16.7 Å². The molecule has 1 heterocycles. The Labute approximate surface area is 195 Å². The highest BCUT2D eigenvalue weighted by Crippen LogP contribution is 2.33. The van der Waals surface area contributed by atoms with E-state index >= 15 is 0 Å². The average Bonchev–Trinajstić information content (AvgIpc) is 2.88. The minimum absolute atomic E-state index is 0.103. The van der Waals surface area contributed by atoms with Crippen molar-refractivity contribution >= 4 is 22.7 Å². The summed E-state index contributed by atoms with van der Waals surface area (Å²) in [5.41, 5.74) is 9.32. The number of pyridine rings is 1. The summed E-state index contributed by atoms with van der Waals surface area (Å²) in [4.78, 5) is 17.1. The summed E-state index contributed by atoms with van der Waals surface area (Å²) in [6.45, 7) is 0.196. The van der Waals surface area contributed by atoms with Gasteiger partial charge in [0.25, 0.3) is 0 Å². The minimum Gasteiger partial charge on any atom is -0.486 e. The zero-order valence-electron chi connectivity index (χ0n) is 18.4. The summed E-state index contributed by atoms with van der Waals surface area (Å²) in [7, 11) is 1.26. The molecule has 0 bridgehead atoms. The Balaban J connectivity index is 1.85. The van der Waals surface area contributed by atoms with Gasteiger partial charge >= 0.3 is 5.97 Å². The first-order valence-electron chi connectivity index (χ1n) is 10.4. The number of hydrogen-bond acceptors (Lipinski definition) is 6. The maximum absolute atomic E-state index is 13.3. The largest absolute Gasteiger partial charge is 0.486 e. The Bertz CT molecular complexity index is 1360. The molecule has 0 spiro atoms. The molecule has 4 aromatic rings. The van der Waals surface area contributed by atoms with E-state index in [9.17, 15) is 14.4 Å². The van der Waals surface area contributed by atoms with Crippen LogP contribution in [0.3, 0.4) is 0 Å². The number of fused-ring (bicyclic) bond motifs is 1. The van der Waals surface area contributed by atoms with Gasteiger partial charge in [0.1, 0.15) is 23.5 Å². The Morgan fingerprint density at radius 3 is 2.44 bits per heavy atom. The molecule has 34 heavy (non-hydrogen) atoms. The zero-order chi connectivity index (χ0) is 24.1. The molecule has 4 rings (SSSR count). The van der Waals surface area contributed by atoms with Crippen LogP contribution >= 0.6 is 0 Å². The average molecular weight is 459 g/mol. The first kappa shape index (κ1) is 22.7. The SMILES string of the molecule is COC(=O)c1cc(/C(N)=N/O)c2cc(Cc3ccc(F)cc3)cnc2c1OCc1ccccc1. The van der Waals surface area contributed by atoms with Gasteiger partial charge in [-0.25, -0.2) is 9.18 Å². The predicted octanol–water partition coefficient (Wildman–Crippen LogP) is 4.42. The summed E-state index contributed by atoms with van der Waals surface area (Å²) >= 11 is 0. The molecule has 8 heteroatoms. The molecule has 0 aliphatic rings. The second kappa shape index (κ2) is 9.99. The van der Waals surface area contributed by atoms with Crippen molar-refractivity contribution in [2.75, 3.05) is 7.11 Å². The number of nitrogens with two attached hydrogens (primary N) is 1. The number of aromatic nitrogens is 1. The van der Waals surface area contributed by atoms with E-state index in [-0.39, 0.29) is 29.6 Å². The van der Waals surface area contributed by atoms with Gasteiger partial charge in [0.05, 0.1) is 7.11 Å². The van der Waals surface area contributed by atoms with Crippen LogP contribution in [0.15, 0.2) is 78.1 Å². The van der Waals surface area contributed by atoms with Crippen LogP contribution in [0.5, 0.6) is 5.75 Å². The minimum atomic E-state index is -0.644. The van der Waals surface area contributed by atoms with Gasteiger partial charge < -0.3 is 20.4 Å². The van der Waals surface area contributed by atoms with Gasteiger partial charge in [-0.05, 0) is 47.4 Å². The number of rotatable bonds is 7. The van der Waals surface area contributed by atoms with Crippen LogP contribution in [0.1, 0.15) is 32.6 Å². The van der Waals surface area contributed by atoms with Crippen molar-refractivity contribution in [2.45, 2.75) is 13.0 Å². The maximum atomic E-state index is 13.3. The van der Waals surface area contributed by atoms with Crippen molar-refractivity contribution in [3.63, 3.8) is 0 Å². The molecule has 7 nitrogen and oxygen atoms in total. The van der Waals surface area contributed by atoms with Crippen LogP contribution in [0.25, 0.3) is 10.9 Å². The smallest absolute Gasteiger partial charge is 0.341 e. The van der Waals surface area contributed by atoms with Crippen LogP contribution in [0.2, 0.25) is 0 Å². The molecule has 0 radical (unpaired) electrons. The van der Waals surface area contributed by atoms with Gasteiger partial charge in [0.2, 0.25) is 0 Å². The molecule has 1 aromatic heterocycles. The van der Waals surface area contributed by atoms with E-state index in [2.05, 4.69) is 10.1 Å². The van der Waals surface area contributed by atoms with Crippen molar-refractivity contribution in [1.29, 1.82) is 0 Å². The first-order chi connectivity index (χ1) is 16.5. The number of carbonyl (C=O) groups is 1. The fraction of sp³-hybridized carbons (Fsp3) is 0.115. The molecule has 3 N–H and O–H groups in total. The third-order valence-electron chi connectivity index (χ3n) is 5.32. The predicted molar refractivity (Wildman–Crippen MR) is 126 cm³/mol. The van der Waals surface area contributed by atoms with E-state index in [0.29, 0.717) is 22.9 Å². The Hall–Kier alpha value is -4.46. The van der Waals surface area contributed by atoms with Gasteiger partial charge in [-0.3, -0.25) is 4.98 Å². The van der Waals surface area contributed by atoms with Crippen LogP contribution in [-0.4, -0.2) is 29.1 Å². The first-order valence-corrected chi connectivity index (χ1v) is 10.4.